The second-order valence-corrected chi connectivity index (χ2v) is 4.90. The summed E-state index contributed by atoms with van der Waals surface area (Å²) >= 11 is 0. The number of amides is 1. The van der Waals surface area contributed by atoms with Crippen molar-refractivity contribution in [3.8, 4) is 11.5 Å². The molecule has 0 aromatic heterocycles. The molecule has 2 N–H and O–H groups in total. The molecular formula is C16H15FN2O3. The number of fused-ring (bicyclic) bond motifs is 1. The van der Waals surface area contributed by atoms with E-state index in [0.29, 0.717) is 11.5 Å². The number of hydrogen-bond acceptors (Lipinski definition) is 4. The lowest BCUT2D eigenvalue weighted by molar-refractivity contribution is -0.116. The first-order valence-corrected chi connectivity index (χ1v) is 6.85. The Balaban J connectivity index is 1.65. The molecule has 6 heteroatoms. The van der Waals surface area contributed by atoms with Crippen molar-refractivity contribution in [2.45, 2.75) is 13.0 Å². The standard InChI is InChI=1S/C16H15FN2O3/c1-10(16(20)19-13-5-3-2-4-12(13)17)18-11-6-7-14-15(8-11)22-9-21-14/h2-8,10,18H,9H2,1H3,(H,19,20)/t10-/m0/s1. The fourth-order valence-corrected chi connectivity index (χ4v) is 2.11. The zero-order chi connectivity index (χ0) is 15.5. The molecular weight excluding hydrogens is 287 g/mol. The van der Waals surface area contributed by atoms with Gasteiger partial charge in [-0.3, -0.25) is 4.79 Å². The highest BCUT2D eigenvalue weighted by Crippen LogP contribution is 2.34. The Morgan fingerprint density at radius 1 is 1.18 bits per heavy atom. The minimum absolute atomic E-state index is 0.159. The van der Waals surface area contributed by atoms with E-state index in [9.17, 15) is 9.18 Å². The third kappa shape index (κ3) is 2.95. The average molecular weight is 302 g/mol. The number of carbonyl (C=O) groups excluding carboxylic acids is 1. The topological polar surface area (TPSA) is 59.6 Å². The molecule has 1 atom stereocenters. The van der Waals surface area contributed by atoms with E-state index in [2.05, 4.69) is 10.6 Å². The number of halogens is 1. The summed E-state index contributed by atoms with van der Waals surface area (Å²) < 4.78 is 24.0. The minimum Gasteiger partial charge on any atom is -0.454 e. The van der Waals surface area contributed by atoms with Crippen molar-refractivity contribution in [1.29, 1.82) is 0 Å². The van der Waals surface area contributed by atoms with Crippen molar-refractivity contribution < 1.29 is 18.7 Å². The van der Waals surface area contributed by atoms with Gasteiger partial charge in [0.1, 0.15) is 11.9 Å². The molecule has 22 heavy (non-hydrogen) atoms. The second kappa shape index (κ2) is 5.93. The summed E-state index contributed by atoms with van der Waals surface area (Å²) in [7, 11) is 0. The number of anilines is 2. The lowest BCUT2D eigenvalue weighted by atomic mass is 10.2. The van der Waals surface area contributed by atoms with Crippen LogP contribution >= 0.6 is 0 Å². The molecule has 0 aliphatic carbocycles. The molecule has 1 amide bonds. The van der Waals surface area contributed by atoms with Crippen LogP contribution in [0.4, 0.5) is 15.8 Å². The van der Waals surface area contributed by atoms with Crippen molar-refractivity contribution in [3.05, 3.63) is 48.3 Å². The molecule has 1 heterocycles. The number of carbonyl (C=O) groups is 1. The summed E-state index contributed by atoms with van der Waals surface area (Å²) in [6, 6.07) is 10.8. The molecule has 0 saturated carbocycles. The Labute approximate surface area is 127 Å². The molecule has 0 bridgehead atoms. The Hall–Kier alpha value is -2.76. The van der Waals surface area contributed by atoms with Crippen molar-refractivity contribution in [1.82, 2.24) is 0 Å². The molecule has 114 valence electrons. The molecule has 1 aliphatic heterocycles. The Kier molecular flexibility index (Phi) is 3.82. The number of rotatable bonds is 4. The van der Waals surface area contributed by atoms with Gasteiger partial charge in [-0.05, 0) is 31.2 Å². The van der Waals surface area contributed by atoms with Crippen LogP contribution in [-0.2, 0) is 4.79 Å². The van der Waals surface area contributed by atoms with Crippen LogP contribution in [0.15, 0.2) is 42.5 Å². The summed E-state index contributed by atoms with van der Waals surface area (Å²) in [5.74, 6) is 0.509. The van der Waals surface area contributed by atoms with E-state index in [0.717, 1.165) is 5.69 Å². The van der Waals surface area contributed by atoms with E-state index in [1.807, 2.05) is 0 Å². The second-order valence-electron chi connectivity index (χ2n) is 4.90. The summed E-state index contributed by atoms with van der Waals surface area (Å²) in [5.41, 5.74) is 0.882. The van der Waals surface area contributed by atoms with Crippen LogP contribution < -0.4 is 20.1 Å². The summed E-state index contributed by atoms with van der Waals surface area (Å²) in [6.07, 6.45) is 0. The van der Waals surface area contributed by atoms with E-state index >= 15 is 0 Å². The predicted octanol–water partition coefficient (Wildman–Crippen LogP) is 2.99. The Bertz CT molecular complexity index is 706. The van der Waals surface area contributed by atoms with E-state index in [-0.39, 0.29) is 18.4 Å². The number of benzene rings is 2. The zero-order valence-corrected chi connectivity index (χ0v) is 11.9. The third-order valence-electron chi connectivity index (χ3n) is 3.28. The molecule has 5 nitrogen and oxygen atoms in total. The fraction of sp³-hybridized carbons (Fsp3) is 0.188. The van der Waals surface area contributed by atoms with Gasteiger partial charge in [-0.2, -0.15) is 0 Å². The maximum absolute atomic E-state index is 13.5. The van der Waals surface area contributed by atoms with Crippen LogP contribution in [0, 0.1) is 5.82 Å². The van der Waals surface area contributed by atoms with Crippen molar-refractivity contribution in [3.63, 3.8) is 0 Å². The molecule has 0 fully saturated rings. The van der Waals surface area contributed by atoms with E-state index in [1.165, 1.54) is 12.1 Å². The first-order chi connectivity index (χ1) is 10.6. The van der Waals surface area contributed by atoms with Crippen LogP contribution in [0.25, 0.3) is 0 Å². The van der Waals surface area contributed by atoms with Gasteiger partial charge < -0.3 is 20.1 Å². The lowest BCUT2D eigenvalue weighted by Gasteiger charge is -2.15. The highest BCUT2D eigenvalue weighted by molar-refractivity contribution is 5.96. The molecule has 0 unspecified atom stereocenters. The maximum atomic E-state index is 13.5. The van der Waals surface area contributed by atoms with Gasteiger partial charge in [0.05, 0.1) is 5.69 Å². The van der Waals surface area contributed by atoms with E-state index in [1.54, 1.807) is 37.3 Å². The monoisotopic (exact) mass is 302 g/mol. The van der Waals surface area contributed by atoms with Crippen molar-refractivity contribution in [2.24, 2.45) is 0 Å². The first kappa shape index (κ1) is 14.2. The highest BCUT2D eigenvalue weighted by Gasteiger charge is 2.17. The quantitative estimate of drug-likeness (QED) is 0.911. The largest absolute Gasteiger partial charge is 0.454 e. The third-order valence-corrected chi connectivity index (χ3v) is 3.28. The van der Waals surface area contributed by atoms with Crippen molar-refractivity contribution in [2.75, 3.05) is 17.4 Å². The maximum Gasteiger partial charge on any atom is 0.246 e. The zero-order valence-electron chi connectivity index (χ0n) is 11.9. The molecule has 2 aromatic carbocycles. The summed E-state index contributed by atoms with van der Waals surface area (Å²) in [6.45, 7) is 1.89. The Morgan fingerprint density at radius 2 is 1.95 bits per heavy atom. The summed E-state index contributed by atoms with van der Waals surface area (Å²) in [4.78, 5) is 12.1. The minimum atomic E-state index is -0.542. The van der Waals surface area contributed by atoms with Crippen LogP contribution in [-0.4, -0.2) is 18.7 Å². The molecule has 1 aliphatic rings. The van der Waals surface area contributed by atoms with Crippen LogP contribution in [0.3, 0.4) is 0 Å². The lowest BCUT2D eigenvalue weighted by Crippen LogP contribution is -2.32. The van der Waals surface area contributed by atoms with Crippen LogP contribution in [0.5, 0.6) is 11.5 Å². The van der Waals surface area contributed by atoms with Gasteiger partial charge in [-0.15, -0.1) is 0 Å². The molecule has 0 spiro atoms. The van der Waals surface area contributed by atoms with Crippen molar-refractivity contribution >= 4 is 17.3 Å². The normalized spacial score (nSPS) is 13.5. The van der Waals surface area contributed by atoms with E-state index < -0.39 is 11.9 Å². The van der Waals surface area contributed by atoms with E-state index in [4.69, 9.17) is 9.47 Å². The van der Waals surface area contributed by atoms with Gasteiger partial charge in [0, 0.05) is 11.8 Å². The van der Waals surface area contributed by atoms with Crippen LogP contribution in [0.2, 0.25) is 0 Å². The summed E-state index contributed by atoms with van der Waals surface area (Å²) in [5, 5.41) is 5.59. The molecule has 0 saturated heterocycles. The SMILES string of the molecule is C[C@H](Nc1ccc2c(c1)OCO2)C(=O)Nc1ccccc1F. The molecule has 3 rings (SSSR count). The number of hydrogen-bond donors (Lipinski definition) is 2. The van der Waals surface area contributed by atoms with Gasteiger partial charge in [0.15, 0.2) is 11.5 Å². The number of para-hydroxylation sites is 1. The number of nitrogens with one attached hydrogen (secondary N) is 2. The van der Waals surface area contributed by atoms with Crippen LogP contribution in [0.1, 0.15) is 6.92 Å². The van der Waals surface area contributed by atoms with Gasteiger partial charge >= 0.3 is 0 Å². The molecule has 0 radical (unpaired) electrons. The first-order valence-electron chi connectivity index (χ1n) is 6.85. The van der Waals surface area contributed by atoms with Gasteiger partial charge in [-0.25, -0.2) is 4.39 Å². The predicted molar refractivity (Wildman–Crippen MR) is 80.7 cm³/mol. The highest BCUT2D eigenvalue weighted by atomic mass is 19.1. The van der Waals surface area contributed by atoms with Gasteiger partial charge in [0.2, 0.25) is 12.7 Å². The number of ether oxygens (including phenoxy) is 2. The average Bonchev–Trinajstić information content (AvgIpc) is 2.97. The fourth-order valence-electron chi connectivity index (χ4n) is 2.11. The Morgan fingerprint density at radius 3 is 2.77 bits per heavy atom. The smallest absolute Gasteiger partial charge is 0.246 e. The molecule has 2 aromatic rings. The van der Waals surface area contributed by atoms with Gasteiger partial charge in [-0.1, -0.05) is 12.1 Å². The van der Waals surface area contributed by atoms with Gasteiger partial charge in [0.25, 0.3) is 0 Å².